The molecule has 0 amide bonds. The summed E-state index contributed by atoms with van der Waals surface area (Å²) in [6.07, 6.45) is 5.20. The molecule has 0 aliphatic rings. The first-order chi connectivity index (χ1) is 9.70. The number of hydrogen-bond acceptors (Lipinski definition) is 2. The quantitative estimate of drug-likeness (QED) is 0.814. The largest absolute Gasteiger partial charge is 0.481 e. The number of hydrogen-bond donors (Lipinski definition) is 1. The SMILES string of the molecule is C#CCOc1ccccc1CNc1ccc(Cl)cc1Cl. The number of terminal acetylenes is 1. The minimum absolute atomic E-state index is 0.249. The van der Waals surface area contributed by atoms with E-state index in [0.717, 1.165) is 17.0 Å². The van der Waals surface area contributed by atoms with E-state index in [1.807, 2.05) is 30.3 Å². The molecule has 2 aromatic carbocycles. The van der Waals surface area contributed by atoms with Crippen molar-refractivity contribution in [2.75, 3.05) is 11.9 Å². The van der Waals surface area contributed by atoms with E-state index in [1.165, 1.54) is 0 Å². The third-order valence-corrected chi connectivity index (χ3v) is 3.23. The third kappa shape index (κ3) is 3.84. The standard InChI is InChI=1S/C16H13Cl2NO/c1-2-9-20-16-6-4-3-5-12(16)11-19-15-8-7-13(17)10-14(15)18/h1,3-8,10,19H,9,11H2. The smallest absolute Gasteiger partial charge is 0.148 e. The molecule has 20 heavy (non-hydrogen) atoms. The molecule has 1 N–H and O–H groups in total. The zero-order chi connectivity index (χ0) is 14.4. The van der Waals surface area contributed by atoms with Crippen LogP contribution in [-0.2, 0) is 6.54 Å². The molecule has 0 saturated carbocycles. The van der Waals surface area contributed by atoms with E-state index in [0.29, 0.717) is 16.6 Å². The van der Waals surface area contributed by atoms with Gasteiger partial charge in [0.2, 0.25) is 0 Å². The molecule has 4 heteroatoms. The first-order valence-electron chi connectivity index (χ1n) is 6.04. The number of anilines is 1. The van der Waals surface area contributed by atoms with E-state index >= 15 is 0 Å². The van der Waals surface area contributed by atoms with E-state index in [4.69, 9.17) is 34.4 Å². The molecule has 0 radical (unpaired) electrons. The Kier molecular flexibility index (Phi) is 5.17. The minimum Gasteiger partial charge on any atom is -0.481 e. The van der Waals surface area contributed by atoms with Crippen LogP contribution in [0.5, 0.6) is 5.75 Å². The second-order valence-electron chi connectivity index (χ2n) is 4.08. The van der Waals surface area contributed by atoms with E-state index in [-0.39, 0.29) is 6.61 Å². The Bertz CT molecular complexity index is 635. The van der Waals surface area contributed by atoms with E-state index in [1.54, 1.807) is 12.1 Å². The molecular formula is C16H13Cl2NO. The van der Waals surface area contributed by atoms with E-state index in [9.17, 15) is 0 Å². The van der Waals surface area contributed by atoms with Gasteiger partial charge in [0.05, 0.1) is 10.7 Å². The fraction of sp³-hybridized carbons (Fsp3) is 0.125. The Hall–Kier alpha value is -1.82. The zero-order valence-electron chi connectivity index (χ0n) is 10.7. The van der Waals surface area contributed by atoms with Gasteiger partial charge < -0.3 is 10.1 Å². The topological polar surface area (TPSA) is 21.3 Å². The average Bonchev–Trinajstić information content (AvgIpc) is 2.45. The summed E-state index contributed by atoms with van der Waals surface area (Å²) in [5.74, 6) is 3.22. The predicted molar refractivity (Wildman–Crippen MR) is 84.6 cm³/mol. The molecule has 0 saturated heterocycles. The lowest BCUT2D eigenvalue weighted by molar-refractivity contribution is 0.366. The molecule has 102 valence electrons. The van der Waals surface area contributed by atoms with Crippen molar-refractivity contribution in [1.29, 1.82) is 0 Å². The summed E-state index contributed by atoms with van der Waals surface area (Å²) in [5, 5.41) is 4.44. The monoisotopic (exact) mass is 305 g/mol. The summed E-state index contributed by atoms with van der Waals surface area (Å²) in [5.41, 5.74) is 1.83. The highest BCUT2D eigenvalue weighted by atomic mass is 35.5. The van der Waals surface area contributed by atoms with Crippen LogP contribution in [0.15, 0.2) is 42.5 Å². The molecule has 0 fully saturated rings. The number of benzene rings is 2. The third-order valence-electron chi connectivity index (χ3n) is 2.68. The summed E-state index contributed by atoms with van der Waals surface area (Å²) in [4.78, 5) is 0. The van der Waals surface area contributed by atoms with Gasteiger partial charge in [-0.3, -0.25) is 0 Å². The molecule has 0 bridgehead atoms. The van der Waals surface area contributed by atoms with Gasteiger partial charge in [-0.05, 0) is 24.3 Å². The maximum atomic E-state index is 6.11. The van der Waals surface area contributed by atoms with Gasteiger partial charge in [-0.15, -0.1) is 6.42 Å². The number of ether oxygens (including phenoxy) is 1. The fourth-order valence-electron chi connectivity index (χ4n) is 1.73. The predicted octanol–water partition coefficient (Wildman–Crippen LogP) is 4.62. The lowest BCUT2D eigenvalue weighted by atomic mass is 10.2. The Labute approximate surface area is 128 Å². The molecule has 0 unspecified atom stereocenters. The van der Waals surface area contributed by atoms with Gasteiger partial charge in [-0.2, -0.15) is 0 Å². The highest BCUT2D eigenvalue weighted by Crippen LogP contribution is 2.27. The lowest BCUT2D eigenvalue weighted by Gasteiger charge is -2.12. The van der Waals surface area contributed by atoms with E-state index < -0.39 is 0 Å². The molecule has 0 spiro atoms. The first-order valence-corrected chi connectivity index (χ1v) is 6.79. The molecule has 2 nitrogen and oxygen atoms in total. The summed E-state index contributed by atoms with van der Waals surface area (Å²) >= 11 is 12.0. The van der Waals surface area contributed by atoms with Gasteiger partial charge in [0.1, 0.15) is 12.4 Å². The minimum atomic E-state index is 0.249. The molecule has 0 aromatic heterocycles. The number of para-hydroxylation sites is 1. The van der Waals surface area contributed by atoms with Gasteiger partial charge in [0, 0.05) is 17.1 Å². The number of nitrogens with one attached hydrogen (secondary N) is 1. The lowest BCUT2D eigenvalue weighted by Crippen LogP contribution is -2.03. The highest BCUT2D eigenvalue weighted by Gasteiger charge is 2.05. The van der Waals surface area contributed by atoms with Crippen molar-refractivity contribution in [1.82, 2.24) is 0 Å². The van der Waals surface area contributed by atoms with Crippen molar-refractivity contribution >= 4 is 28.9 Å². The van der Waals surface area contributed by atoms with Gasteiger partial charge in [0.15, 0.2) is 0 Å². The van der Waals surface area contributed by atoms with Crippen LogP contribution in [-0.4, -0.2) is 6.61 Å². The zero-order valence-corrected chi connectivity index (χ0v) is 12.2. The van der Waals surface area contributed by atoms with Crippen molar-refractivity contribution in [2.45, 2.75) is 6.54 Å². The first kappa shape index (κ1) is 14.6. The van der Waals surface area contributed by atoms with Crippen LogP contribution in [0.3, 0.4) is 0 Å². The van der Waals surface area contributed by atoms with Crippen molar-refractivity contribution in [3.05, 3.63) is 58.1 Å². The molecule has 2 aromatic rings. The molecule has 0 aliphatic heterocycles. The number of halogens is 2. The average molecular weight is 306 g/mol. The highest BCUT2D eigenvalue weighted by molar-refractivity contribution is 6.36. The molecule has 0 heterocycles. The Morgan fingerprint density at radius 1 is 1.15 bits per heavy atom. The van der Waals surface area contributed by atoms with Crippen LogP contribution in [0.25, 0.3) is 0 Å². The Morgan fingerprint density at radius 3 is 2.70 bits per heavy atom. The fourth-order valence-corrected chi connectivity index (χ4v) is 2.21. The number of rotatable bonds is 5. The molecule has 0 atom stereocenters. The Morgan fingerprint density at radius 2 is 1.95 bits per heavy atom. The van der Waals surface area contributed by atoms with Crippen LogP contribution in [0, 0.1) is 12.3 Å². The van der Waals surface area contributed by atoms with Crippen molar-refractivity contribution in [3.63, 3.8) is 0 Å². The van der Waals surface area contributed by atoms with Gasteiger partial charge >= 0.3 is 0 Å². The van der Waals surface area contributed by atoms with Gasteiger partial charge in [-0.25, -0.2) is 0 Å². The maximum Gasteiger partial charge on any atom is 0.148 e. The van der Waals surface area contributed by atoms with Crippen LogP contribution in [0.4, 0.5) is 5.69 Å². The maximum absolute atomic E-state index is 6.11. The molecular weight excluding hydrogens is 293 g/mol. The summed E-state index contributed by atoms with van der Waals surface area (Å²) < 4.78 is 5.49. The molecule has 0 aliphatic carbocycles. The van der Waals surface area contributed by atoms with Crippen LogP contribution < -0.4 is 10.1 Å². The summed E-state index contributed by atoms with van der Waals surface area (Å²) in [7, 11) is 0. The van der Waals surface area contributed by atoms with Gasteiger partial charge in [-0.1, -0.05) is 47.3 Å². The van der Waals surface area contributed by atoms with Crippen molar-refractivity contribution in [2.24, 2.45) is 0 Å². The summed E-state index contributed by atoms with van der Waals surface area (Å²) in [6.45, 7) is 0.834. The van der Waals surface area contributed by atoms with E-state index in [2.05, 4.69) is 11.2 Å². The van der Waals surface area contributed by atoms with Gasteiger partial charge in [0.25, 0.3) is 0 Å². The van der Waals surface area contributed by atoms with Crippen LogP contribution in [0.2, 0.25) is 10.0 Å². The van der Waals surface area contributed by atoms with Crippen LogP contribution in [0.1, 0.15) is 5.56 Å². The normalized spacial score (nSPS) is 9.85. The Balaban J connectivity index is 2.09. The summed E-state index contributed by atoms with van der Waals surface area (Å²) in [6, 6.07) is 13.0. The van der Waals surface area contributed by atoms with Crippen LogP contribution >= 0.6 is 23.2 Å². The van der Waals surface area contributed by atoms with Crippen molar-refractivity contribution in [3.8, 4) is 18.1 Å². The molecule has 2 rings (SSSR count). The second-order valence-corrected chi connectivity index (χ2v) is 4.92. The van der Waals surface area contributed by atoms with Crippen molar-refractivity contribution < 1.29 is 4.74 Å². The second kappa shape index (κ2) is 7.09.